The minimum Gasteiger partial charge on any atom is -0.493 e. The van der Waals surface area contributed by atoms with Gasteiger partial charge in [0, 0.05) is 11.1 Å². The summed E-state index contributed by atoms with van der Waals surface area (Å²) >= 11 is 6.32. The molecule has 0 atom stereocenters. The number of rotatable bonds is 14. The first kappa shape index (κ1) is 31.8. The minimum atomic E-state index is -0.642. The van der Waals surface area contributed by atoms with Crippen molar-refractivity contribution >= 4 is 50.7 Å². The maximum absolute atomic E-state index is 13.7. The molecule has 9 heteroatoms. The zero-order chi connectivity index (χ0) is 31.6. The smallest absolute Gasteiger partial charge is 0.347 e. The van der Waals surface area contributed by atoms with E-state index in [0.717, 1.165) is 41.1 Å². The van der Waals surface area contributed by atoms with E-state index in [1.54, 1.807) is 24.3 Å². The molecule has 0 bridgehead atoms. The molecular formula is C36H36ClN3O5. The van der Waals surface area contributed by atoms with Crippen LogP contribution in [0, 0.1) is 0 Å². The van der Waals surface area contributed by atoms with Crippen LogP contribution in [0.5, 0.6) is 17.2 Å². The van der Waals surface area contributed by atoms with E-state index in [0.29, 0.717) is 48.3 Å². The van der Waals surface area contributed by atoms with Gasteiger partial charge in [0.15, 0.2) is 5.75 Å². The normalized spacial score (nSPS) is 11.0. The highest BCUT2D eigenvalue weighted by Crippen LogP contribution is 2.34. The van der Waals surface area contributed by atoms with Crippen molar-refractivity contribution in [3.05, 3.63) is 107 Å². The number of anilines is 1. The van der Waals surface area contributed by atoms with E-state index in [2.05, 4.69) is 10.6 Å². The van der Waals surface area contributed by atoms with Gasteiger partial charge in [0.05, 0.1) is 24.5 Å². The highest BCUT2D eigenvalue weighted by Gasteiger charge is 2.21. The van der Waals surface area contributed by atoms with Crippen LogP contribution in [0.4, 0.5) is 5.69 Å². The van der Waals surface area contributed by atoms with Crippen molar-refractivity contribution in [3.8, 4) is 17.2 Å². The van der Waals surface area contributed by atoms with Crippen LogP contribution in [0.1, 0.15) is 40.5 Å². The number of hydrogen-bond donors (Lipinski definition) is 3. The number of carbonyl (C=O) groups is 2. The van der Waals surface area contributed by atoms with Gasteiger partial charge in [-0.3, -0.25) is 4.79 Å². The monoisotopic (exact) mass is 625 g/mol. The number of carbonyl (C=O) groups excluding carboxylic acids is 2. The lowest BCUT2D eigenvalue weighted by molar-refractivity contribution is 0.0730. The van der Waals surface area contributed by atoms with Gasteiger partial charge in [-0.1, -0.05) is 67.1 Å². The molecule has 5 rings (SSSR count). The van der Waals surface area contributed by atoms with Gasteiger partial charge in [-0.25, -0.2) is 4.79 Å². The minimum absolute atomic E-state index is 0.0958. The quantitative estimate of drug-likeness (QED) is 0.0678. The first-order chi connectivity index (χ1) is 22.0. The van der Waals surface area contributed by atoms with Crippen LogP contribution < -0.4 is 30.6 Å². The highest BCUT2D eigenvalue weighted by molar-refractivity contribution is 6.31. The maximum atomic E-state index is 13.7. The van der Waals surface area contributed by atoms with Crippen molar-refractivity contribution < 1.29 is 23.8 Å². The molecule has 232 valence electrons. The van der Waals surface area contributed by atoms with Gasteiger partial charge in [-0.15, -0.1) is 0 Å². The molecule has 4 N–H and O–H groups in total. The molecule has 45 heavy (non-hydrogen) atoms. The predicted octanol–water partition coefficient (Wildman–Crippen LogP) is 7.22. The molecule has 5 aromatic rings. The average Bonchev–Trinajstić information content (AvgIpc) is 3.05. The van der Waals surface area contributed by atoms with Crippen molar-refractivity contribution in [1.29, 1.82) is 0 Å². The van der Waals surface area contributed by atoms with Crippen LogP contribution >= 0.6 is 11.6 Å². The van der Waals surface area contributed by atoms with Crippen LogP contribution in [0.25, 0.3) is 21.5 Å². The van der Waals surface area contributed by atoms with Gasteiger partial charge in [0.2, 0.25) is 0 Å². The van der Waals surface area contributed by atoms with Gasteiger partial charge in [-0.2, -0.15) is 0 Å². The molecule has 0 unspecified atom stereocenters. The molecule has 0 saturated carbocycles. The van der Waals surface area contributed by atoms with Crippen LogP contribution in [0.15, 0.2) is 91.0 Å². The Bertz CT molecular complexity index is 1810. The second kappa shape index (κ2) is 15.4. The second-order valence-corrected chi connectivity index (χ2v) is 10.9. The molecule has 0 aromatic heterocycles. The largest absolute Gasteiger partial charge is 0.493 e. The number of nitrogens with one attached hydrogen (secondary N) is 2. The fraction of sp³-hybridized carbons (Fsp3) is 0.222. The summed E-state index contributed by atoms with van der Waals surface area (Å²) in [5, 5.41) is 10.1. The van der Waals surface area contributed by atoms with Gasteiger partial charge in [0.25, 0.3) is 5.91 Å². The Morgan fingerprint density at radius 3 is 1.93 bits per heavy atom. The summed E-state index contributed by atoms with van der Waals surface area (Å²) in [7, 11) is 0. The molecule has 0 fully saturated rings. The third-order valence-corrected chi connectivity index (χ3v) is 7.40. The fourth-order valence-electron chi connectivity index (χ4n) is 4.86. The second-order valence-electron chi connectivity index (χ2n) is 10.4. The first-order valence-electron chi connectivity index (χ1n) is 15.0. The van der Waals surface area contributed by atoms with Gasteiger partial charge in [-0.05, 0) is 90.4 Å². The molecule has 0 spiro atoms. The van der Waals surface area contributed by atoms with E-state index < -0.39 is 11.9 Å². The third kappa shape index (κ3) is 8.10. The highest BCUT2D eigenvalue weighted by atomic mass is 35.5. The Hall–Kier alpha value is -4.63. The molecule has 0 saturated heterocycles. The molecule has 0 aliphatic heterocycles. The Balaban J connectivity index is 1.42. The van der Waals surface area contributed by atoms with Crippen molar-refractivity contribution in [3.63, 3.8) is 0 Å². The van der Waals surface area contributed by atoms with E-state index in [1.807, 2.05) is 67.6 Å². The number of ether oxygens (including phenoxy) is 3. The maximum Gasteiger partial charge on any atom is 0.347 e. The molecular weight excluding hydrogens is 590 g/mol. The van der Waals surface area contributed by atoms with Gasteiger partial charge >= 0.3 is 5.97 Å². The summed E-state index contributed by atoms with van der Waals surface area (Å²) in [4.78, 5) is 27.4. The SMILES string of the molecule is CCNCCCOc1cc2ccccc2cc1C(=O)Oc1cc(Cl)ccc1NC(=O)c1cc2ccccc2cc1OCCCN. The summed E-state index contributed by atoms with van der Waals surface area (Å²) in [6.07, 6.45) is 1.41. The van der Waals surface area contributed by atoms with Crippen molar-refractivity contribution in [2.24, 2.45) is 5.73 Å². The third-order valence-electron chi connectivity index (χ3n) is 7.17. The van der Waals surface area contributed by atoms with Crippen LogP contribution in [-0.2, 0) is 0 Å². The number of amides is 1. The molecule has 0 heterocycles. The molecule has 1 amide bonds. The zero-order valence-corrected chi connectivity index (χ0v) is 25.9. The number of hydrogen-bond acceptors (Lipinski definition) is 7. The molecule has 5 aromatic carbocycles. The predicted molar refractivity (Wildman–Crippen MR) is 180 cm³/mol. The summed E-state index contributed by atoms with van der Waals surface area (Å²) in [6, 6.07) is 27.3. The number of benzene rings is 5. The van der Waals surface area contributed by atoms with Gasteiger partial charge < -0.3 is 30.6 Å². The standard InChI is InChI=1S/C36H36ClN3O5/c1-2-39-16-8-18-44-33-22-27-12-6-4-10-25(27)20-30(33)36(42)45-34-23-28(37)13-14-31(34)40-35(41)29-19-24-9-3-5-11-26(24)21-32(29)43-17-7-15-38/h3-6,9-14,19-23,39H,2,7-8,15-18,38H2,1H3,(H,40,41). The Labute approximate surface area is 267 Å². The van der Waals surface area contributed by atoms with Crippen molar-refractivity contribution in [2.45, 2.75) is 19.8 Å². The number of fused-ring (bicyclic) bond motifs is 2. The average molecular weight is 626 g/mol. The molecule has 8 nitrogen and oxygen atoms in total. The number of nitrogens with two attached hydrogens (primary N) is 1. The molecule has 0 aliphatic carbocycles. The Morgan fingerprint density at radius 2 is 1.31 bits per heavy atom. The van der Waals surface area contributed by atoms with Crippen LogP contribution in [-0.4, -0.2) is 44.7 Å². The van der Waals surface area contributed by atoms with E-state index in [9.17, 15) is 9.59 Å². The Morgan fingerprint density at radius 1 is 0.733 bits per heavy atom. The summed E-state index contributed by atoms with van der Waals surface area (Å²) in [6.45, 7) is 4.97. The molecule has 0 radical (unpaired) electrons. The lowest BCUT2D eigenvalue weighted by Gasteiger charge is -2.16. The lowest BCUT2D eigenvalue weighted by Crippen LogP contribution is -2.18. The van der Waals surface area contributed by atoms with Crippen LogP contribution in [0.2, 0.25) is 5.02 Å². The van der Waals surface area contributed by atoms with Crippen molar-refractivity contribution in [2.75, 3.05) is 38.2 Å². The zero-order valence-electron chi connectivity index (χ0n) is 25.1. The van der Waals surface area contributed by atoms with E-state index in [1.165, 1.54) is 6.07 Å². The van der Waals surface area contributed by atoms with Crippen LogP contribution in [0.3, 0.4) is 0 Å². The fourth-order valence-corrected chi connectivity index (χ4v) is 5.03. The lowest BCUT2D eigenvalue weighted by atomic mass is 10.0. The number of esters is 1. The van der Waals surface area contributed by atoms with E-state index in [4.69, 9.17) is 31.5 Å². The number of halogens is 1. The van der Waals surface area contributed by atoms with Gasteiger partial charge in [0.1, 0.15) is 17.1 Å². The van der Waals surface area contributed by atoms with E-state index >= 15 is 0 Å². The summed E-state index contributed by atoms with van der Waals surface area (Å²) in [5.41, 5.74) is 6.52. The summed E-state index contributed by atoms with van der Waals surface area (Å²) in [5.74, 6) is -0.133. The first-order valence-corrected chi connectivity index (χ1v) is 15.4. The topological polar surface area (TPSA) is 112 Å². The Kier molecular flexibility index (Phi) is 10.9. The van der Waals surface area contributed by atoms with Crippen molar-refractivity contribution in [1.82, 2.24) is 5.32 Å². The summed E-state index contributed by atoms with van der Waals surface area (Å²) < 4.78 is 17.9. The van der Waals surface area contributed by atoms with E-state index in [-0.39, 0.29) is 17.0 Å². The molecule has 0 aliphatic rings.